The molecule has 1 fully saturated rings. The van der Waals surface area contributed by atoms with Gasteiger partial charge in [0.25, 0.3) is 0 Å². The molecule has 1 aliphatic rings. The van der Waals surface area contributed by atoms with E-state index in [1.807, 2.05) is 0 Å². The number of unbranched alkanes of at least 4 members (excludes halogenated alkanes) is 16. The summed E-state index contributed by atoms with van der Waals surface area (Å²) in [5, 5.41) is 27.3. The van der Waals surface area contributed by atoms with Gasteiger partial charge in [0.15, 0.2) is 7.70 Å². The number of esters is 3. The summed E-state index contributed by atoms with van der Waals surface area (Å²) in [7, 11) is 1.15. The molecule has 1 aliphatic heterocycles. The number of methoxy groups -OCH3 is 1. The number of hydrogen-bond donors (Lipinski definition) is 6. The molecule has 0 aromatic heterocycles. The van der Waals surface area contributed by atoms with E-state index in [9.17, 15) is 43.8 Å². The first-order chi connectivity index (χ1) is 31.0. The zero-order valence-corrected chi connectivity index (χ0v) is 39.5. The fourth-order valence-electron chi connectivity index (χ4n) is 7.34. The third kappa shape index (κ3) is 25.6. The van der Waals surface area contributed by atoms with Crippen molar-refractivity contribution in [3.8, 4) is 0 Å². The van der Waals surface area contributed by atoms with E-state index in [1.54, 1.807) is 0 Å². The van der Waals surface area contributed by atoms with Crippen molar-refractivity contribution < 1.29 is 68.9 Å². The average molecular weight is 916 g/mol. The van der Waals surface area contributed by atoms with Crippen molar-refractivity contribution in [2.75, 3.05) is 13.7 Å². The highest BCUT2D eigenvalue weighted by atomic mass is 16.6. The molecule has 0 aromatic carbocycles. The Morgan fingerprint density at radius 1 is 0.734 bits per heavy atom. The smallest absolute Gasteiger partial charge is 0.309 e. The number of aliphatic hydroxyl groups is 2. The second-order valence-electron chi connectivity index (χ2n) is 16.9. The molecule has 7 N–H and O–H groups in total. The van der Waals surface area contributed by atoms with Crippen molar-refractivity contribution in [1.29, 1.82) is 0 Å². The number of carbonyl (C=O) groups excluding carboxylic acids is 7. The van der Waals surface area contributed by atoms with Gasteiger partial charge in [-0.25, -0.2) is 0 Å². The number of nitrogens with one attached hydrogen (secondary N) is 3. The predicted molar refractivity (Wildman–Crippen MR) is 238 cm³/mol. The van der Waals surface area contributed by atoms with Gasteiger partial charge in [0.2, 0.25) is 23.6 Å². The van der Waals surface area contributed by atoms with Crippen molar-refractivity contribution >= 4 is 41.5 Å². The normalized spacial score (nSPS) is 20.4. The van der Waals surface area contributed by atoms with Crippen molar-refractivity contribution in [2.45, 2.75) is 237 Å². The summed E-state index contributed by atoms with van der Waals surface area (Å²) in [5.74, 6) is -5.39. The second-order valence-corrected chi connectivity index (χ2v) is 16.9. The maximum atomic E-state index is 13.4. The summed E-state index contributed by atoms with van der Waals surface area (Å²) in [4.78, 5) is 87.9. The molecule has 0 aromatic rings. The van der Waals surface area contributed by atoms with Gasteiger partial charge >= 0.3 is 17.9 Å². The van der Waals surface area contributed by atoms with Crippen molar-refractivity contribution in [1.82, 2.24) is 15.9 Å². The lowest BCUT2D eigenvalue weighted by Gasteiger charge is -2.43. The molecule has 9 atom stereocenters. The lowest BCUT2D eigenvalue weighted by Crippen LogP contribution is -2.66. The van der Waals surface area contributed by atoms with E-state index in [-0.39, 0.29) is 37.0 Å². The highest BCUT2D eigenvalue weighted by molar-refractivity contribution is 5.92. The molecule has 64 heavy (non-hydrogen) atoms. The average Bonchev–Trinajstić information content (AvgIpc) is 3.26. The summed E-state index contributed by atoms with van der Waals surface area (Å²) < 4.78 is 35.5. The van der Waals surface area contributed by atoms with Crippen LogP contribution in [0.2, 0.25) is 1.41 Å². The van der Waals surface area contributed by atoms with Crippen LogP contribution in [-0.4, -0.2) is 120 Å². The van der Waals surface area contributed by atoms with E-state index >= 15 is 0 Å². The van der Waals surface area contributed by atoms with E-state index in [2.05, 4.69) is 29.2 Å². The van der Waals surface area contributed by atoms with Gasteiger partial charge in [0.05, 0.1) is 13.5 Å². The molecule has 0 aliphatic carbocycles. The predicted octanol–water partition coefficient (Wildman–Crippen LogP) is 4.46. The Hall–Kier alpha value is -3.87. The van der Waals surface area contributed by atoms with Crippen LogP contribution in [0, 0.1) is 0 Å². The monoisotopic (exact) mass is 916 g/mol. The minimum Gasteiger partial charge on any atom is -0.469 e. The Morgan fingerprint density at radius 2 is 1.28 bits per heavy atom. The SMILES string of the molecule is [2H]N(C(=O)[C@@H](C)O[C@H]1[C@H](O)[C@@H](COC(=O)C[C@@H](CCCCCCCCC)OC(=O)CCCCCCCCCCCCC)OC(O)[C@@H]1NC(C)=O)[C@@H](C)C(=O)N[C@@H](CCC(=O)OC)C(N)=O. The van der Waals surface area contributed by atoms with Crippen molar-refractivity contribution in [3.05, 3.63) is 0 Å². The molecular formula is C46H82N4O14. The minimum atomic E-state index is -1.81. The van der Waals surface area contributed by atoms with Gasteiger partial charge in [-0.2, -0.15) is 0 Å². The van der Waals surface area contributed by atoms with Crippen LogP contribution in [0.4, 0.5) is 0 Å². The Bertz CT molecular complexity index is 1430. The van der Waals surface area contributed by atoms with Crippen molar-refractivity contribution in [3.63, 3.8) is 0 Å². The third-order valence-electron chi connectivity index (χ3n) is 11.2. The number of ether oxygens (including phenoxy) is 5. The fraction of sp³-hybridized carbons (Fsp3) is 0.848. The lowest BCUT2D eigenvalue weighted by atomic mass is 9.96. The fourth-order valence-corrected chi connectivity index (χ4v) is 7.34. The molecule has 1 heterocycles. The van der Waals surface area contributed by atoms with Crippen LogP contribution >= 0.6 is 0 Å². The van der Waals surface area contributed by atoms with Gasteiger partial charge in [-0.3, -0.25) is 33.6 Å². The first-order valence-corrected chi connectivity index (χ1v) is 23.7. The number of primary amides is 1. The summed E-state index contributed by atoms with van der Waals surface area (Å²) in [6.07, 6.45) is 11.1. The number of aliphatic hydroxyl groups excluding tert-OH is 2. The molecule has 1 unspecified atom stereocenters. The first-order valence-electron chi connectivity index (χ1n) is 24.2. The Kier molecular flexibility index (Phi) is 30.3. The Balaban J connectivity index is 2.91. The summed E-state index contributed by atoms with van der Waals surface area (Å²) in [6.45, 7) is 7.34. The van der Waals surface area contributed by atoms with E-state index in [0.717, 1.165) is 71.8 Å². The van der Waals surface area contributed by atoms with Crippen LogP contribution in [0.25, 0.3) is 0 Å². The molecule has 1 rings (SSSR count). The van der Waals surface area contributed by atoms with Crippen LogP contribution in [0.1, 0.15) is 182 Å². The molecule has 1 saturated heterocycles. The van der Waals surface area contributed by atoms with E-state index in [1.165, 1.54) is 65.2 Å². The third-order valence-corrected chi connectivity index (χ3v) is 11.2. The van der Waals surface area contributed by atoms with Crippen LogP contribution in [-0.2, 0) is 57.2 Å². The lowest BCUT2D eigenvalue weighted by molar-refractivity contribution is -0.267. The van der Waals surface area contributed by atoms with Gasteiger partial charge in [0, 0.05) is 19.8 Å². The van der Waals surface area contributed by atoms with Gasteiger partial charge in [-0.15, -0.1) is 0 Å². The highest BCUT2D eigenvalue weighted by Gasteiger charge is 2.47. The maximum absolute atomic E-state index is 13.4. The first kappa shape index (κ1) is 56.3. The van der Waals surface area contributed by atoms with E-state index in [0.29, 0.717) is 12.8 Å². The number of amides is 4. The number of hydrogen-bond acceptors (Lipinski definition) is 14. The topological polar surface area (TPSA) is 268 Å². The van der Waals surface area contributed by atoms with Gasteiger partial charge in [0.1, 0.15) is 55.3 Å². The molecular weight excluding hydrogens is 833 g/mol. The van der Waals surface area contributed by atoms with E-state index in [4.69, 9.17) is 26.1 Å². The number of nitrogens with two attached hydrogens (primary N) is 1. The second kappa shape index (κ2) is 34.5. The molecule has 370 valence electrons. The summed E-state index contributed by atoms with van der Waals surface area (Å²) >= 11 is 0. The largest absolute Gasteiger partial charge is 0.469 e. The quantitative estimate of drug-likeness (QED) is 0.0288. The molecule has 0 saturated carbocycles. The molecule has 4 amide bonds. The Labute approximate surface area is 382 Å². The standard InChI is InChI=1S/C46H82N4O14/c1-7-9-11-13-15-16-17-18-20-22-24-26-38(53)63-34(25-23-21-19-14-12-10-8-2)29-39(54)61-30-36-41(55)42(40(46(59)64-36)49-33(5)51)62-32(4)45(58)48-31(3)44(57)50-35(43(47)56)27-28-37(52)60-6/h31-32,34-36,40-42,46,55,59H,7-30H2,1-6H3,(H2,47,56)(H,48,58)(H,49,51)(H,50,57)/t31-,32+,34+,35-,36+,40+,41+,42+,46?/m0/s1/i/hD. The molecule has 0 radical (unpaired) electrons. The molecule has 0 bridgehead atoms. The number of carbonyl (C=O) groups is 7. The molecule has 0 spiro atoms. The van der Waals surface area contributed by atoms with E-state index < -0.39 is 97.1 Å². The highest BCUT2D eigenvalue weighted by Crippen LogP contribution is 2.25. The zero-order chi connectivity index (χ0) is 48.7. The molecule has 18 nitrogen and oxygen atoms in total. The van der Waals surface area contributed by atoms with Crippen LogP contribution in [0.3, 0.4) is 0 Å². The maximum Gasteiger partial charge on any atom is 0.309 e. The molecule has 18 heteroatoms. The Morgan fingerprint density at radius 3 is 1.81 bits per heavy atom. The van der Waals surface area contributed by atoms with Gasteiger partial charge < -0.3 is 55.6 Å². The summed E-state index contributed by atoms with van der Waals surface area (Å²) in [6, 6.07) is -4.24. The summed E-state index contributed by atoms with van der Waals surface area (Å²) in [5.41, 5.74) is 5.36. The van der Waals surface area contributed by atoms with Gasteiger partial charge in [-0.05, 0) is 39.5 Å². The van der Waals surface area contributed by atoms with Crippen LogP contribution in [0.15, 0.2) is 0 Å². The van der Waals surface area contributed by atoms with Crippen LogP contribution in [0.5, 0.6) is 0 Å². The minimum absolute atomic E-state index is 0.191. The number of rotatable bonds is 36. The van der Waals surface area contributed by atoms with Gasteiger partial charge in [-0.1, -0.05) is 117 Å². The van der Waals surface area contributed by atoms with Crippen LogP contribution < -0.4 is 21.7 Å². The zero-order valence-electron chi connectivity index (χ0n) is 40.5. The van der Waals surface area contributed by atoms with Crippen molar-refractivity contribution in [2.24, 2.45) is 5.73 Å².